The molecule has 1 aliphatic rings. The van der Waals surface area contributed by atoms with Gasteiger partial charge in [0.25, 0.3) is 0 Å². The topological polar surface area (TPSA) is 35.5 Å². The number of benzene rings is 1. The second-order valence-electron chi connectivity index (χ2n) is 5.45. The van der Waals surface area contributed by atoms with Gasteiger partial charge in [-0.3, -0.25) is 4.79 Å². The SMILES string of the molecule is CCCCCCCOc1ccc(OC(=O)C2C=CC=C2)cc1. The highest BCUT2D eigenvalue weighted by atomic mass is 16.5. The summed E-state index contributed by atoms with van der Waals surface area (Å²) in [5.41, 5.74) is 0. The molecule has 3 nitrogen and oxygen atoms in total. The molecule has 0 heterocycles. The number of rotatable bonds is 9. The lowest BCUT2D eigenvalue weighted by Crippen LogP contribution is -2.15. The quantitative estimate of drug-likeness (QED) is 0.377. The van der Waals surface area contributed by atoms with Crippen molar-refractivity contribution in [3.8, 4) is 11.5 Å². The van der Waals surface area contributed by atoms with Crippen molar-refractivity contribution in [2.24, 2.45) is 5.92 Å². The molecule has 0 aromatic heterocycles. The molecule has 0 atom stereocenters. The Hall–Kier alpha value is -2.03. The third kappa shape index (κ3) is 5.40. The number of allylic oxidation sites excluding steroid dienone is 2. The average molecular weight is 300 g/mol. The second-order valence-corrected chi connectivity index (χ2v) is 5.45. The van der Waals surface area contributed by atoms with E-state index in [9.17, 15) is 4.79 Å². The van der Waals surface area contributed by atoms with Crippen LogP contribution in [0.15, 0.2) is 48.6 Å². The van der Waals surface area contributed by atoms with Gasteiger partial charge < -0.3 is 9.47 Å². The van der Waals surface area contributed by atoms with E-state index in [4.69, 9.17) is 9.47 Å². The van der Waals surface area contributed by atoms with Crippen LogP contribution in [-0.2, 0) is 4.79 Å². The molecule has 22 heavy (non-hydrogen) atoms. The molecule has 1 aromatic carbocycles. The summed E-state index contributed by atoms with van der Waals surface area (Å²) in [7, 11) is 0. The van der Waals surface area contributed by atoms with Gasteiger partial charge in [0, 0.05) is 0 Å². The molecule has 0 amide bonds. The molecule has 0 radical (unpaired) electrons. The average Bonchev–Trinajstić information content (AvgIpc) is 3.07. The van der Waals surface area contributed by atoms with Crippen LogP contribution in [0.4, 0.5) is 0 Å². The summed E-state index contributed by atoms with van der Waals surface area (Å²) in [6.07, 6.45) is 13.5. The Balaban J connectivity index is 1.70. The molecule has 0 spiro atoms. The fourth-order valence-corrected chi connectivity index (χ4v) is 2.27. The Bertz CT molecular complexity index is 502. The highest BCUT2D eigenvalue weighted by molar-refractivity contribution is 5.79. The van der Waals surface area contributed by atoms with Crippen molar-refractivity contribution in [1.82, 2.24) is 0 Å². The molecule has 0 N–H and O–H groups in total. The monoisotopic (exact) mass is 300 g/mol. The van der Waals surface area contributed by atoms with E-state index in [1.54, 1.807) is 12.1 Å². The standard InChI is InChI=1S/C19H24O3/c1-2-3-4-5-8-15-21-17-11-13-18(14-12-17)22-19(20)16-9-6-7-10-16/h6-7,9-14,16H,2-5,8,15H2,1H3. The first-order valence-corrected chi connectivity index (χ1v) is 8.09. The Labute approximate surface area is 132 Å². The van der Waals surface area contributed by atoms with Gasteiger partial charge in [-0.25, -0.2) is 0 Å². The summed E-state index contributed by atoms with van der Waals surface area (Å²) in [6.45, 7) is 2.95. The van der Waals surface area contributed by atoms with E-state index in [1.807, 2.05) is 36.4 Å². The molecular weight excluding hydrogens is 276 g/mol. The Morgan fingerprint density at radius 1 is 0.955 bits per heavy atom. The largest absolute Gasteiger partial charge is 0.494 e. The number of hydrogen-bond donors (Lipinski definition) is 0. The Morgan fingerprint density at radius 3 is 2.27 bits per heavy atom. The summed E-state index contributed by atoms with van der Waals surface area (Å²) in [5.74, 6) is 0.846. The van der Waals surface area contributed by atoms with Gasteiger partial charge in [-0.1, -0.05) is 56.9 Å². The first kappa shape index (κ1) is 16.3. The molecule has 0 saturated heterocycles. The van der Waals surface area contributed by atoms with E-state index in [0.717, 1.165) is 18.8 Å². The number of esters is 1. The van der Waals surface area contributed by atoms with Crippen molar-refractivity contribution in [2.45, 2.75) is 39.0 Å². The minimum Gasteiger partial charge on any atom is -0.494 e. The summed E-state index contributed by atoms with van der Waals surface area (Å²) in [5, 5.41) is 0. The highest BCUT2D eigenvalue weighted by Gasteiger charge is 2.16. The normalized spacial score (nSPS) is 13.5. The van der Waals surface area contributed by atoms with Crippen molar-refractivity contribution < 1.29 is 14.3 Å². The zero-order valence-electron chi connectivity index (χ0n) is 13.2. The predicted molar refractivity (Wildman–Crippen MR) is 88.1 cm³/mol. The van der Waals surface area contributed by atoms with Crippen LogP contribution in [0.2, 0.25) is 0 Å². The van der Waals surface area contributed by atoms with Crippen LogP contribution < -0.4 is 9.47 Å². The van der Waals surface area contributed by atoms with Crippen molar-refractivity contribution in [3.63, 3.8) is 0 Å². The number of hydrogen-bond acceptors (Lipinski definition) is 3. The lowest BCUT2D eigenvalue weighted by Gasteiger charge is -2.09. The van der Waals surface area contributed by atoms with Crippen molar-refractivity contribution in [1.29, 1.82) is 0 Å². The summed E-state index contributed by atoms with van der Waals surface area (Å²) in [4.78, 5) is 11.8. The van der Waals surface area contributed by atoms with Gasteiger partial charge in [-0.2, -0.15) is 0 Å². The number of unbranched alkanes of at least 4 members (excludes halogenated alkanes) is 4. The fourth-order valence-electron chi connectivity index (χ4n) is 2.27. The van der Waals surface area contributed by atoms with Crippen LogP contribution >= 0.6 is 0 Å². The van der Waals surface area contributed by atoms with E-state index < -0.39 is 0 Å². The van der Waals surface area contributed by atoms with Gasteiger partial charge in [0.1, 0.15) is 11.5 Å². The molecule has 3 heteroatoms. The van der Waals surface area contributed by atoms with Crippen molar-refractivity contribution >= 4 is 5.97 Å². The van der Waals surface area contributed by atoms with E-state index in [-0.39, 0.29) is 11.9 Å². The van der Waals surface area contributed by atoms with Crippen LogP contribution in [0.25, 0.3) is 0 Å². The fraction of sp³-hybridized carbons (Fsp3) is 0.421. The maximum atomic E-state index is 11.8. The van der Waals surface area contributed by atoms with Gasteiger partial charge in [-0.05, 0) is 30.7 Å². The number of ether oxygens (including phenoxy) is 2. The molecule has 2 rings (SSSR count). The summed E-state index contributed by atoms with van der Waals surface area (Å²) < 4.78 is 11.0. The number of carbonyl (C=O) groups excluding carboxylic acids is 1. The van der Waals surface area contributed by atoms with Crippen LogP contribution in [0.1, 0.15) is 39.0 Å². The third-order valence-corrected chi connectivity index (χ3v) is 3.58. The van der Waals surface area contributed by atoms with Crippen LogP contribution in [0.5, 0.6) is 11.5 Å². The zero-order valence-corrected chi connectivity index (χ0v) is 13.2. The lowest BCUT2D eigenvalue weighted by molar-refractivity contribution is -0.135. The van der Waals surface area contributed by atoms with Gasteiger partial charge in [0.15, 0.2) is 0 Å². The molecule has 0 fully saturated rings. The minimum atomic E-state index is -0.265. The zero-order chi connectivity index (χ0) is 15.6. The van der Waals surface area contributed by atoms with E-state index >= 15 is 0 Å². The van der Waals surface area contributed by atoms with E-state index in [1.165, 1.54) is 25.7 Å². The van der Waals surface area contributed by atoms with Crippen LogP contribution in [0, 0.1) is 5.92 Å². The first-order valence-electron chi connectivity index (χ1n) is 8.09. The third-order valence-electron chi connectivity index (χ3n) is 3.58. The van der Waals surface area contributed by atoms with Crippen LogP contribution in [0.3, 0.4) is 0 Å². The van der Waals surface area contributed by atoms with Gasteiger partial charge in [0.2, 0.25) is 0 Å². The van der Waals surface area contributed by atoms with E-state index in [2.05, 4.69) is 6.92 Å². The van der Waals surface area contributed by atoms with Crippen LogP contribution in [-0.4, -0.2) is 12.6 Å². The first-order chi connectivity index (χ1) is 10.8. The van der Waals surface area contributed by atoms with Gasteiger partial charge in [-0.15, -0.1) is 0 Å². The summed E-state index contributed by atoms with van der Waals surface area (Å²) in [6, 6.07) is 7.23. The molecule has 118 valence electrons. The van der Waals surface area contributed by atoms with Gasteiger partial charge >= 0.3 is 5.97 Å². The van der Waals surface area contributed by atoms with Crippen molar-refractivity contribution in [3.05, 3.63) is 48.6 Å². The maximum absolute atomic E-state index is 11.8. The Morgan fingerprint density at radius 2 is 1.59 bits per heavy atom. The second kappa shape index (κ2) is 9.08. The molecule has 0 bridgehead atoms. The molecular formula is C19H24O3. The molecule has 1 aliphatic carbocycles. The molecule has 0 aliphatic heterocycles. The highest BCUT2D eigenvalue weighted by Crippen LogP contribution is 2.20. The molecule has 0 unspecified atom stereocenters. The molecule has 1 aromatic rings. The maximum Gasteiger partial charge on any atom is 0.322 e. The van der Waals surface area contributed by atoms with Gasteiger partial charge in [0.05, 0.1) is 12.5 Å². The van der Waals surface area contributed by atoms with E-state index in [0.29, 0.717) is 5.75 Å². The summed E-state index contributed by atoms with van der Waals surface area (Å²) >= 11 is 0. The lowest BCUT2D eigenvalue weighted by atomic mass is 10.2. The Kier molecular flexibility index (Phi) is 6.75. The van der Waals surface area contributed by atoms with Crippen molar-refractivity contribution in [2.75, 3.05) is 6.61 Å². The smallest absolute Gasteiger partial charge is 0.322 e. The predicted octanol–water partition coefficient (Wildman–Crippen LogP) is 4.68. The number of carbonyl (C=O) groups is 1. The minimum absolute atomic E-state index is 0.255. The molecule has 0 saturated carbocycles.